The van der Waals surface area contributed by atoms with Crippen molar-refractivity contribution in [2.24, 2.45) is 5.92 Å². The predicted octanol–water partition coefficient (Wildman–Crippen LogP) is 2.10. The fraction of sp³-hybridized carbons (Fsp3) is 0.667. The van der Waals surface area contributed by atoms with Gasteiger partial charge in [-0.05, 0) is 18.8 Å². The van der Waals surface area contributed by atoms with Gasteiger partial charge < -0.3 is 9.47 Å². The predicted molar refractivity (Wildman–Crippen MR) is 76.0 cm³/mol. The lowest BCUT2D eigenvalue weighted by molar-refractivity contribution is -0.133. The Kier molecular flexibility index (Phi) is 3.59. The van der Waals surface area contributed by atoms with Crippen LogP contribution in [0.4, 0.5) is 0 Å². The summed E-state index contributed by atoms with van der Waals surface area (Å²) in [5.41, 5.74) is 0. The smallest absolute Gasteiger partial charge is 0.223 e. The van der Waals surface area contributed by atoms with Crippen molar-refractivity contribution in [3.8, 4) is 0 Å². The SMILES string of the molecule is CC(C)c1nnc2n1CCN(C(=O)C[C@@H]1C=CCC1)C2. The molecule has 1 aromatic heterocycles. The zero-order valence-electron chi connectivity index (χ0n) is 12.2. The molecule has 2 heterocycles. The second-order valence-corrected chi connectivity index (χ2v) is 6.07. The molecule has 0 spiro atoms. The van der Waals surface area contributed by atoms with Gasteiger partial charge in [0.2, 0.25) is 5.91 Å². The molecule has 1 aliphatic heterocycles. The molecule has 0 fully saturated rings. The molecule has 0 unspecified atom stereocenters. The fourth-order valence-corrected chi connectivity index (χ4v) is 3.04. The maximum Gasteiger partial charge on any atom is 0.223 e. The highest BCUT2D eigenvalue weighted by Gasteiger charge is 2.26. The second kappa shape index (κ2) is 5.38. The molecule has 5 heteroatoms. The number of amides is 1. The molecule has 3 rings (SSSR count). The van der Waals surface area contributed by atoms with Crippen molar-refractivity contribution in [2.45, 2.75) is 52.1 Å². The van der Waals surface area contributed by atoms with E-state index in [4.69, 9.17) is 0 Å². The van der Waals surface area contributed by atoms with Gasteiger partial charge >= 0.3 is 0 Å². The van der Waals surface area contributed by atoms with Crippen molar-refractivity contribution in [2.75, 3.05) is 6.54 Å². The number of nitrogens with zero attached hydrogens (tertiary/aromatic N) is 4. The Bertz CT molecular complexity index is 532. The number of carbonyl (C=O) groups excluding carboxylic acids is 1. The average molecular weight is 274 g/mol. The summed E-state index contributed by atoms with van der Waals surface area (Å²) in [6.45, 7) is 6.46. The van der Waals surface area contributed by atoms with E-state index in [0.29, 0.717) is 24.8 Å². The van der Waals surface area contributed by atoms with Crippen molar-refractivity contribution in [1.29, 1.82) is 0 Å². The van der Waals surface area contributed by atoms with Crippen LogP contribution in [0.3, 0.4) is 0 Å². The summed E-state index contributed by atoms with van der Waals surface area (Å²) in [5, 5.41) is 8.51. The monoisotopic (exact) mass is 274 g/mol. The quantitative estimate of drug-likeness (QED) is 0.793. The van der Waals surface area contributed by atoms with Crippen LogP contribution in [0.25, 0.3) is 0 Å². The normalized spacial score (nSPS) is 21.6. The van der Waals surface area contributed by atoms with Crippen LogP contribution in [0.5, 0.6) is 0 Å². The Hall–Kier alpha value is -1.65. The van der Waals surface area contributed by atoms with Gasteiger partial charge in [-0.1, -0.05) is 26.0 Å². The van der Waals surface area contributed by atoms with Crippen LogP contribution in [0.15, 0.2) is 12.2 Å². The molecule has 5 nitrogen and oxygen atoms in total. The maximum atomic E-state index is 12.3. The molecular formula is C15H22N4O. The van der Waals surface area contributed by atoms with E-state index in [1.807, 2.05) is 4.90 Å². The van der Waals surface area contributed by atoms with Gasteiger partial charge in [-0.2, -0.15) is 0 Å². The number of hydrogen-bond acceptors (Lipinski definition) is 3. The highest BCUT2D eigenvalue weighted by atomic mass is 16.2. The van der Waals surface area contributed by atoms with Crippen LogP contribution in [-0.2, 0) is 17.9 Å². The van der Waals surface area contributed by atoms with Crippen LogP contribution in [0.1, 0.15) is 50.7 Å². The number of carbonyl (C=O) groups is 1. The van der Waals surface area contributed by atoms with Crippen LogP contribution >= 0.6 is 0 Å². The summed E-state index contributed by atoms with van der Waals surface area (Å²) in [5.74, 6) is 3.03. The summed E-state index contributed by atoms with van der Waals surface area (Å²) >= 11 is 0. The summed E-state index contributed by atoms with van der Waals surface area (Å²) in [7, 11) is 0. The second-order valence-electron chi connectivity index (χ2n) is 6.07. The van der Waals surface area contributed by atoms with Crippen molar-refractivity contribution in [1.82, 2.24) is 19.7 Å². The third-order valence-electron chi connectivity index (χ3n) is 4.20. The van der Waals surface area contributed by atoms with E-state index in [9.17, 15) is 4.79 Å². The first-order chi connectivity index (χ1) is 9.65. The Morgan fingerprint density at radius 3 is 2.95 bits per heavy atom. The molecule has 2 aliphatic rings. The van der Waals surface area contributed by atoms with Crippen LogP contribution in [-0.4, -0.2) is 32.1 Å². The van der Waals surface area contributed by atoms with Gasteiger partial charge in [-0.15, -0.1) is 10.2 Å². The lowest BCUT2D eigenvalue weighted by Gasteiger charge is -2.29. The van der Waals surface area contributed by atoms with Crippen LogP contribution < -0.4 is 0 Å². The number of aromatic nitrogens is 3. The molecule has 0 bridgehead atoms. The van der Waals surface area contributed by atoms with Crippen LogP contribution in [0.2, 0.25) is 0 Å². The molecule has 0 saturated heterocycles. The van der Waals surface area contributed by atoms with E-state index in [0.717, 1.165) is 37.6 Å². The van der Waals surface area contributed by atoms with Crippen molar-refractivity contribution in [3.05, 3.63) is 23.8 Å². The molecule has 20 heavy (non-hydrogen) atoms. The van der Waals surface area contributed by atoms with Gasteiger partial charge in [0, 0.05) is 25.4 Å². The molecule has 0 aromatic carbocycles. The molecular weight excluding hydrogens is 252 g/mol. The summed E-state index contributed by atoms with van der Waals surface area (Å²) in [6, 6.07) is 0. The van der Waals surface area contributed by atoms with Crippen molar-refractivity contribution in [3.63, 3.8) is 0 Å². The molecule has 1 aliphatic carbocycles. The highest BCUT2D eigenvalue weighted by molar-refractivity contribution is 5.76. The topological polar surface area (TPSA) is 51.0 Å². The zero-order valence-corrected chi connectivity index (χ0v) is 12.2. The highest BCUT2D eigenvalue weighted by Crippen LogP contribution is 2.23. The van der Waals surface area contributed by atoms with Gasteiger partial charge in [0.1, 0.15) is 5.82 Å². The summed E-state index contributed by atoms with van der Waals surface area (Å²) in [6.07, 6.45) is 7.24. The minimum absolute atomic E-state index is 0.252. The molecule has 1 aromatic rings. The maximum absolute atomic E-state index is 12.3. The summed E-state index contributed by atoms with van der Waals surface area (Å²) < 4.78 is 2.17. The molecule has 0 N–H and O–H groups in total. The summed E-state index contributed by atoms with van der Waals surface area (Å²) in [4.78, 5) is 14.3. The number of allylic oxidation sites excluding steroid dienone is 2. The first-order valence-electron chi connectivity index (χ1n) is 7.51. The lowest BCUT2D eigenvalue weighted by atomic mass is 10.0. The minimum Gasteiger partial charge on any atom is -0.333 e. The van der Waals surface area contributed by atoms with E-state index in [2.05, 4.69) is 40.8 Å². The zero-order chi connectivity index (χ0) is 14.1. The van der Waals surface area contributed by atoms with Gasteiger partial charge in [0.25, 0.3) is 0 Å². The Morgan fingerprint density at radius 1 is 1.40 bits per heavy atom. The lowest BCUT2D eigenvalue weighted by Crippen LogP contribution is -2.39. The molecule has 108 valence electrons. The van der Waals surface area contributed by atoms with E-state index in [1.54, 1.807) is 0 Å². The number of hydrogen-bond donors (Lipinski definition) is 0. The molecule has 1 amide bonds. The molecule has 1 atom stereocenters. The van der Waals surface area contributed by atoms with Gasteiger partial charge in [-0.25, -0.2) is 0 Å². The minimum atomic E-state index is 0.252. The van der Waals surface area contributed by atoms with Gasteiger partial charge in [0.05, 0.1) is 6.54 Å². The first-order valence-corrected chi connectivity index (χ1v) is 7.51. The molecule has 0 saturated carbocycles. The van der Waals surface area contributed by atoms with Crippen LogP contribution in [0, 0.1) is 5.92 Å². The Morgan fingerprint density at radius 2 is 2.25 bits per heavy atom. The number of rotatable bonds is 3. The van der Waals surface area contributed by atoms with Crippen molar-refractivity contribution < 1.29 is 4.79 Å². The molecule has 0 radical (unpaired) electrons. The average Bonchev–Trinajstić information content (AvgIpc) is 3.06. The third kappa shape index (κ3) is 2.49. The fourth-order valence-electron chi connectivity index (χ4n) is 3.04. The van der Waals surface area contributed by atoms with E-state index < -0.39 is 0 Å². The van der Waals surface area contributed by atoms with Crippen molar-refractivity contribution >= 4 is 5.91 Å². The largest absolute Gasteiger partial charge is 0.333 e. The van der Waals surface area contributed by atoms with E-state index in [1.165, 1.54) is 0 Å². The van der Waals surface area contributed by atoms with Gasteiger partial charge in [-0.3, -0.25) is 4.79 Å². The van der Waals surface area contributed by atoms with Gasteiger partial charge in [0.15, 0.2) is 5.82 Å². The standard InChI is InChI=1S/C15H22N4O/c1-11(2)15-17-16-13-10-18(7-8-19(13)15)14(20)9-12-5-3-4-6-12/h3,5,11-12H,4,6-10H2,1-2H3/t12-/m1/s1. The first kappa shape index (κ1) is 13.3. The Balaban J connectivity index is 1.66. The Labute approximate surface area is 119 Å². The van der Waals surface area contributed by atoms with E-state index in [-0.39, 0.29) is 5.91 Å². The third-order valence-corrected chi connectivity index (χ3v) is 4.20. The van der Waals surface area contributed by atoms with E-state index >= 15 is 0 Å². The number of fused-ring (bicyclic) bond motifs is 1.